The quantitative estimate of drug-likeness (QED) is 0.847. The van der Waals surface area contributed by atoms with Crippen molar-refractivity contribution in [2.24, 2.45) is 5.92 Å². The summed E-state index contributed by atoms with van der Waals surface area (Å²) >= 11 is 1.86. The lowest BCUT2D eigenvalue weighted by Crippen LogP contribution is -2.57. The first-order valence-corrected chi connectivity index (χ1v) is 11.1. The molecule has 4 aliphatic heterocycles. The van der Waals surface area contributed by atoms with Crippen LogP contribution in [0.25, 0.3) is 11.0 Å². The van der Waals surface area contributed by atoms with Gasteiger partial charge < -0.3 is 19.5 Å². The molecule has 2 amide bonds. The number of hydrogen-bond donors (Lipinski definition) is 1. The Labute approximate surface area is 167 Å². The normalized spacial score (nSPS) is 27.1. The van der Waals surface area contributed by atoms with E-state index in [9.17, 15) is 9.59 Å². The number of carbonyl (C=O) groups excluding carboxylic acids is 2. The molecule has 28 heavy (non-hydrogen) atoms. The van der Waals surface area contributed by atoms with E-state index in [4.69, 9.17) is 4.42 Å². The molecule has 0 aliphatic carbocycles. The fraction of sp³-hybridized carbons (Fsp3) is 0.550. The second-order valence-corrected chi connectivity index (χ2v) is 9.07. The van der Waals surface area contributed by atoms with Gasteiger partial charge in [0.25, 0.3) is 11.8 Å². The highest BCUT2D eigenvalue weighted by atomic mass is 32.2. The van der Waals surface area contributed by atoms with Gasteiger partial charge in [-0.1, -0.05) is 0 Å². The third-order valence-electron chi connectivity index (χ3n) is 6.12. The SMILES string of the molecule is O=C(N[C@H]1CN2CCC1CC2)c1cc2oc(C(=O)N3CCSCC3)cc2cn1. The third-order valence-corrected chi connectivity index (χ3v) is 7.06. The summed E-state index contributed by atoms with van der Waals surface area (Å²) in [5.41, 5.74) is 0.871. The zero-order valence-corrected chi connectivity index (χ0v) is 16.5. The average molecular weight is 401 g/mol. The highest BCUT2D eigenvalue weighted by molar-refractivity contribution is 7.99. The predicted octanol–water partition coefficient (Wildman–Crippen LogP) is 1.84. The number of rotatable bonds is 3. The minimum absolute atomic E-state index is 0.0882. The highest BCUT2D eigenvalue weighted by Gasteiger charge is 2.35. The molecule has 4 aliphatic rings. The molecule has 0 radical (unpaired) electrons. The molecule has 2 aromatic heterocycles. The van der Waals surface area contributed by atoms with Crippen LogP contribution in [0.1, 0.15) is 33.9 Å². The van der Waals surface area contributed by atoms with Crippen molar-refractivity contribution in [1.82, 2.24) is 20.1 Å². The van der Waals surface area contributed by atoms with Crippen LogP contribution in [0, 0.1) is 5.92 Å². The van der Waals surface area contributed by atoms with Gasteiger partial charge in [-0.2, -0.15) is 11.8 Å². The van der Waals surface area contributed by atoms with Gasteiger partial charge in [0.2, 0.25) is 0 Å². The molecule has 2 aromatic rings. The summed E-state index contributed by atoms with van der Waals surface area (Å²) in [4.78, 5) is 33.9. The van der Waals surface area contributed by atoms with Crippen LogP contribution in [0.2, 0.25) is 0 Å². The van der Waals surface area contributed by atoms with E-state index in [0.29, 0.717) is 23.0 Å². The molecule has 6 heterocycles. The second-order valence-electron chi connectivity index (χ2n) is 7.84. The van der Waals surface area contributed by atoms with Crippen molar-refractivity contribution in [2.75, 3.05) is 44.2 Å². The van der Waals surface area contributed by atoms with Gasteiger partial charge >= 0.3 is 0 Å². The van der Waals surface area contributed by atoms with E-state index in [1.807, 2.05) is 16.7 Å². The molecule has 6 rings (SSSR count). The topological polar surface area (TPSA) is 78.7 Å². The summed E-state index contributed by atoms with van der Waals surface area (Å²) in [7, 11) is 0. The molecular formula is C20H24N4O3S. The smallest absolute Gasteiger partial charge is 0.289 e. The summed E-state index contributed by atoms with van der Waals surface area (Å²) in [6, 6.07) is 3.56. The number of furan rings is 1. The molecule has 4 fully saturated rings. The molecule has 1 N–H and O–H groups in total. The number of nitrogens with zero attached hydrogens (tertiary/aromatic N) is 3. The van der Waals surface area contributed by atoms with Crippen molar-refractivity contribution >= 4 is 34.5 Å². The summed E-state index contributed by atoms with van der Waals surface area (Å²) in [5.74, 6) is 2.54. The molecule has 4 saturated heterocycles. The van der Waals surface area contributed by atoms with E-state index < -0.39 is 0 Å². The summed E-state index contributed by atoms with van der Waals surface area (Å²) in [6.45, 7) is 4.69. The van der Waals surface area contributed by atoms with Gasteiger partial charge in [0.05, 0.1) is 0 Å². The lowest BCUT2D eigenvalue weighted by Gasteiger charge is -2.44. The van der Waals surface area contributed by atoms with Crippen LogP contribution in [0.3, 0.4) is 0 Å². The van der Waals surface area contributed by atoms with E-state index in [1.165, 1.54) is 0 Å². The summed E-state index contributed by atoms with van der Waals surface area (Å²) in [5, 5.41) is 3.89. The van der Waals surface area contributed by atoms with Crippen LogP contribution in [0.5, 0.6) is 0 Å². The molecule has 0 spiro atoms. The van der Waals surface area contributed by atoms with Crippen LogP contribution >= 0.6 is 11.8 Å². The number of hydrogen-bond acceptors (Lipinski definition) is 6. The van der Waals surface area contributed by atoms with E-state index in [0.717, 1.165) is 62.5 Å². The average Bonchev–Trinajstić information content (AvgIpc) is 3.18. The molecule has 8 heteroatoms. The number of thioether (sulfide) groups is 1. The standard InChI is InChI=1S/C20H24N4O3S/c25-19(22-16-12-23-3-1-13(16)2-4-23)15-10-17-14(11-21-15)9-18(27-17)20(26)24-5-7-28-8-6-24/h9-11,13,16H,1-8,12H2,(H,22,25)/t16-/m0/s1. The molecule has 0 saturated carbocycles. The number of pyridine rings is 1. The van der Waals surface area contributed by atoms with Gasteiger partial charge in [0.1, 0.15) is 11.3 Å². The number of fused-ring (bicyclic) bond motifs is 4. The Bertz CT molecular complexity index is 900. The molecule has 7 nitrogen and oxygen atoms in total. The first-order chi connectivity index (χ1) is 13.7. The van der Waals surface area contributed by atoms with Gasteiger partial charge in [-0.25, -0.2) is 0 Å². The van der Waals surface area contributed by atoms with E-state index >= 15 is 0 Å². The van der Waals surface area contributed by atoms with Crippen molar-refractivity contribution in [2.45, 2.75) is 18.9 Å². The van der Waals surface area contributed by atoms with Gasteiger partial charge in [0, 0.05) is 54.8 Å². The lowest BCUT2D eigenvalue weighted by molar-refractivity contribution is 0.0617. The Morgan fingerprint density at radius 1 is 1.14 bits per heavy atom. The largest absolute Gasteiger partial charge is 0.451 e. The zero-order chi connectivity index (χ0) is 19.1. The van der Waals surface area contributed by atoms with E-state index in [2.05, 4.69) is 15.2 Å². The van der Waals surface area contributed by atoms with E-state index in [-0.39, 0.29) is 17.9 Å². The predicted molar refractivity (Wildman–Crippen MR) is 108 cm³/mol. The Kier molecular flexibility index (Phi) is 4.76. The van der Waals surface area contributed by atoms with Crippen molar-refractivity contribution in [3.63, 3.8) is 0 Å². The highest BCUT2D eigenvalue weighted by Crippen LogP contribution is 2.28. The van der Waals surface area contributed by atoms with Crippen molar-refractivity contribution in [3.8, 4) is 0 Å². The van der Waals surface area contributed by atoms with Crippen LogP contribution in [-0.4, -0.2) is 76.9 Å². The number of nitrogens with one attached hydrogen (secondary N) is 1. The maximum atomic E-state index is 12.7. The fourth-order valence-electron chi connectivity index (χ4n) is 4.46. The maximum Gasteiger partial charge on any atom is 0.289 e. The molecule has 148 valence electrons. The van der Waals surface area contributed by atoms with Gasteiger partial charge in [-0.15, -0.1) is 0 Å². The molecule has 1 atom stereocenters. The van der Waals surface area contributed by atoms with Crippen molar-refractivity contribution in [3.05, 3.63) is 29.8 Å². The van der Waals surface area contributed by atoms with Crippen LogP contribution < -0.4 is 5.32 Å². The first kappa shape index (κ1) is 18.0. The van der Waals surface area contributed by atoms with Crippen LogP contribution in [-0.2, 0) is 0 Å². The van der Waals surface area contributed by atoms with Gasteiger partial charge in [-0.05, 0) is 37.9 Å². The zero-order valence-electron chi connectivity index (χ0n) is 15.7. The lowest BCUT2D eigenvalue weighted by atomic mass is 9.84. The molecular weight excluding hydrogens is 376 g/mol. The number of carbonyl (C=O) groups is 2. The Balaban J connectivity index is 1.32. The minimum Gasteiger partial charge on any atom is -0.451 e. The Hall–Kier alpha value is -2.06. The molecule has 0 aromatic carbocycles. The number of amides is 2. The monoisotopic (exact) mass is 400 g/mol. The van der Waals surface area contributed by atoms with Crippen LogP contribution in [0.15, 0.2) is 22.7 Å². The maximum absolute atomic E-state index is 12.7. The van der Waals surface area contributed by atoms with Gasteiger partial charge in [0.15, 0.2) is 5.76 Å². The van der Waals surface area contributed by atoms with Crippen molar-refractivity contribution < 1.29 is 14.0 Å². The first-order valence-electron chi connectivity index (χ1n) is 9.97. The van der Waals surface area contributed by atoms with Gasteiger partial charge in [-0.3, -0.25) is 14.6 Å². The summed E-state index contributed by atoms with van der Waals surface area (Å²) in [6.07, 6.45) is 3.92. The second kappa shape index (κ2) is 7.40. The van der Waals surface area contributed by atoms with E-state index in [1.54, 1.807) is 18.3 Å². The summed E-state index contributed by atoms with van der Waals surface area (Å²) < 4.78 is 5.79. The number of aromatic nitrogens is 1. The Morgan fingerprint density at radius 3 is 2.64 bits per heavy atom. The Morgan fingerprint density at radius 2 is 1.93 bits per heavy atom. The number of piperidine rings is 3. The molecule has 0 unspecified atom stereocenters. The van der Waals surface area contributed by atoms with Crippen molar-refractivity contribution in [1.29, 1.82) is 0 Å². The molecule has 2 bridgehead atoms. The van der Waals surface area contributed by atoms with Crippen LogP contribution in [0.4, 0.5) is 0 Å². The fourth-order valence-corrected chi connectivity index (χ4v) is 5.36. The minimum atomic E-state index is -0.169. The third kappa shape index (κ3) is 3.39.